The Labute approximate surface area is 100 Å². The van der Waals surface area contributed by atoms with Gasteiger partial charge in [0, 0.05) is 39.0 Å². The molecule has 1 saturated heterocycles. The highest BCUT2D eigenvalue weighted by molar-refractivity contribution is 5.74. The Morgan fingerprint density at radius 3 is 3.12 bits per heavy atom. The van der Waals surface area contributed by atoms with Gasteiger partial charge in [0.25, 0.3) is 0 Å². The average Bonchev–Trinajstić information content (AvgIpc) is 2.74. The van der Waals surface area contributed by atoms with Crippen molar-refractivity contribution in [1.82, 2.24) is 9.88 Å². The summed E-state index contributed by atoms with van der Waals surface area (Å²) >= 11 is 0. The largest absolute Gasteiger partial charge is 0.480 e. The van der Waals surface area contributed by atoms with Crippen LogP contribution in [0, 0.1) is 0 Å². The second-order valence-corrected chi connectivity index (χ2v) is 4.24. The molecule has 5 heteroatoms. The molecule has 17 heavy (non-hydrogen) atoms. The molecule has 0 bridgehead atoms. The maximum absolute atomic E-state index is 11.2. The molecule has 1 aliphatic heterocycles. The minimum absolute atomic E-state index is 0.00720. The monoisotopic (exact) mass is 236 g/mol. The summed E-state index contributed by atoms with van der Waals surface area (Å²) in [6.07, 6.45) is 4.03. The topological polar surface area (TPSA) is 62.7 Å². The van der Waals surface area contributed by atoms with Gasteiger partial charge in [0.15, 0.2) is 0 Å². The molecule has 2 heterocycles. The van der Waals surface area contributed by atoms with E-state index in [0.717, 1.165) is 5.56 Å². The van der Waals surface area contributed by atoms with Gasteiger partial charge in [-0.25, -0.2) is 0 Å². The van der Waals surface area contributed by atoms with Gasteiger partial charge >= 0.3 is 5.97 Å². The van der Waals surface area contributed by atoms with Crippen LogP contribution in [0.25, 0.3) is 0 Å². The van der Waals surface area contributed by atoms with Gasteiger partial charge in [-0.2, -0.15) is 0 Å². The van der Waals surface area contributed by atoms with Gasteiger partial charge in [0.05, 0.1) is 6.10 Å². The first-order valence-electron chi connectivity index (χ1n) is 5.59. The van der Waals surface area contributed by atoms with Gasteiger partial charge in [0.1, 0.15) is 6.04 Å². The summed E-state index contributed by atoms with van der Waals surface area (Å²) in [7, 11) is 1.62. The number of ether oxygens (including phenoxy) is 1. The molecule has 0 radical (unpaired) electrons. The van der Waals surface area contributed by atoms with E-state index in [-0.39, 0.29) is 6.10 Å². The van der Waals surface area contributed by atoms with Gasteiger partial charge in [-0.15, -0.1) is 0 Å². The first-order valence-corrected chi connectivity index (χ1v) is 5.59. The maximum atomic E-state index is 11.2. The average molecular weight is 236 g/mol. The Bertz CT molecular complexity index is 383. The number of likely N-dealkylation sites (tertiary alicyclic amines) is 1. The van der Waals surface area contributed by atoms with E-state index in [2.05, 4.69) is 4.98 Å². The Morgan fingerprint density at radius 2 is 2.53 bits per heavy atom. The summed E-state index contributed by atoms with van der Waals surface area (Å²) in [5.74, 6) is -0.784. The molecular formula is C12H16N2O3. The number of carboxylic acids is 1. The molecule has 2 atom stereocenters. The number of rotatable bonds is 4. The van der Waals surface area contributed by atoms with Crippen LogP contribution in [0.1, 0.15) is 12.0 Å². The molecule has 0 aromatic carbocycles. The lowest BCUT2D eigenvalue weighted by molar-refractivity contribution is -0.142. The SMILES string of the molecule is CO[C@@H]1C[C@@H](C(=O)O)N(Cc2cccnc2)C1. The number of carbonyl (C=O) groups is 1. The zero-order chi connectivity index (χ0) is 12.3. The van der Waals surface area contributed by atoms with E-state index in [1.165, 1.54) is 0 Å². The van der Waals surface area contributed by atoms with Crippen LogP contribution in [-0.2, 0) is 16.1 Å². The number of carboxylic acid groups (broad SMARTS) is 1. The highest BCUT2D eigenvalue weighted by Crippen LogP contribution is 2.22. The minimum atomic E-state index is -0.784. The Hall–Kier alpha value is -1.46. The first-order chi connectivity index (χ1) is 8.20. The molecule has 0 amide bonds. The van der Waals surface area contributed by atoms with Gasteiger partial charge in [-0.1, -0.05) is 6.07 Å². The predicted octanol–water partition coefficient (Wildman–Crippen LogP) is 0.755. The molecule has 1 aromatic heterocycles. The second-order valence-electron chi connectivity index (χ2n) is 4.24. The summed E-state index contributed by atoms with van der Waals surface area (Å²) in [4.78, 5) is 17.1. The van der Waals surface area contributed by atoms with E-state index in [1.807, 2.05) is 17.0 Å². The van der Waals surface area contributed by atoms with Crippen LogP contribution < -0.4 is 0 Å². The third kappa shape index (κ3) is 2.81. The van der Waals surface area contributed by atoms with Crippen LogP contribution >= 0.6 is 0 Å². The van der Waals surface area contributed by atoms with Crippen LogP contribution in [-0.4, -0.2) is 46.8 Å². The lowest BCUT2D eigenvalue weighted by Gasteiger charge is -2.20. The van der Waals surface area contributed by atoms with Crippen LogP contribution in [0.2, 0.25) is 0 Å². The zero-order valence-electron chi connectivity index (χ0n) is 9.74. The molecule has 0 saturated carbocycles. The van der Waals surface area contributed by atoms with E-state index < -0.39 is 12.0 Å². The summed E-state index contributed by atoms with van der Waals surface area (Å²) < 4.78 is 5.24. The van der Waals surface area contributed by atoms with Gasteiger partial charge in [-0.3, -0.25) is 14.7 Å². The predicted molar refractivity (Wildman–Crippen MR) is 61.5 cm³/mol. The fourth-order valence-corrected chi connectivity index (χ4v) is 2.19. The van der Waals surface area contributed by atoms with Crippen molar-refractivity contribution < 1.29 is 14.6 Å². The van der Waals surface area contributed by atoms with E-state index >= 15 is 0 Å². The number of aliphatic carboxylic acids is 1. The molecule has 0 unspecified atom stereocenters. The zero-order valence-corrected chi connectivity index (χ0v) is 9.74. The third-order valence-electron chi connectivity index (χ3n) is 3.09. The van der Waals surface area contributed by atoms with Crippen molar-refractivity contribution in [3.05, 3.63) is 30.1 Å². The molecule has 1 aromatic rings. The van der Waals surface area contributed by atoms with E-state index in [9.17, 15) is 4.79 Å². The molecule has 1 fully saturated rings. The first kappa shape index (κ1) is 12.0. The molecule has 0 spiro atoms. The van der Waals surface area contributed by atoms with E-state index in [0.29, 0.717) is 19.5 Å². The summed E-state index contributed by atoms with van der Waals surface area (Å²) in [6.45, 7) is 1.26. The van der Waals surface area contributed by atoms with Crippen LogP contribution in [0.4, 0.5) is 0 Å². The minimum Gasteiger partial charge on any atom is -0.480 e. The van der Waals surface area contributed by atoms with E-state index in [4.69, 9.17) is 9.84 Å². The number of hydrogen-bond acceptors (Lipinski definition) is 4. The second kappa shape index (κ2) is 5.25. The smallest absolute Gasteiger partial charge is 0.321 e. The summed E-state index contributed by atoms with van der Waals surface area (Å²) in [5.41, 5.74) is 1.02. The molecule has 1 N–H and O–H groups in total. The molecule has 92 valence electrons. The van der Waals surface area contributed by atoms with Crippen LogP contribution in [0.5, 0.6) is 0 Å². The number of hydrogen-bond donors (Lipinski definition) is 1. The molecule has 2 rings (SSSR count). The lowest BCUT2D eigenvalue weighted by Crippen LogP contribution is -2.35. The van der Waals surface area contributed by atoms with Crippen molar-refractivity contribution in [2.45, 2.75) is 25.1 Å². The number of methoxy groups -OCH3 is 1. The maximum Gasteiger partial charge on any atom is 0.321 e. The Balaban J connectivity index is 2.06. The highest BCUT2D eigenvalue weighted by Gasteiger charge is 2.36. The Morgan fingerprint density at radius 1 is 1.71 bits per heavy atom. The molecular weight excluding hydrogens is 220 g/mol. The lowest BCUT2D eigenvalue weighted by atomic mass is 10.2. The third-order valence-corrected chi connectivity index (χ3v) is 3.09. The quantitative estimate of drug-likeness (QED) is 0.836. The number of pyridine rings is 1. The van der Waals surface area contributed by atoms with Crippen molar-refractivity contribution in [3.63, 3.8) is 0 Å². The summed E-state index contributed by atoms with van der Waals surface area (Å²) in [6, 6.07) is 3.35. The fraction of sp³-hybridized carbons (Fsp3) is 0.500. The van der Waals surface area contributed by atoms with Crippen molar-refractivity contribution in [3.8, 4) is 0 Å². The Kier molecular flexibility index (Phi) is 3.71. The standard InChI is InChI=1S/C12H16N2O3/c1-17-10-5-11(12(15)16)14(8-10)7-9-3-2-4-13-6-9/h2-4,6,10-11H,5,7-8H2,1H3,(H,15,16)/t10-,11+/m1/s1. The van der Waals surface area contributed by atoms with Crippen molar-refractivity contribution in [2.24, 2.45) is 0 Å². The van der Waals surface area contributed by atoms with Crippen molar-refractivity contribution >= 4 is 5.97 Å². The molecule has 5 nitrogen and oxygen atoms in total. The van der Waals surface area contributed by atoms with Gasteiger partial charge in [-0.05, 0) is 11.6 Å². The number of nitrogens with zero attached hydrogens (tertiary/aromatic N) is 2. The fourth-order valence-electron chi connectivity index (χ4n) is 2.19. The van der Waals surface area contributed by atoms with E-state index in [1.54, 1.807) is 19.5 Å². The van der Waals surface area contributed by atoms with Gasteiger partial charge < -0.3 is 9.84 Å². The van der Waals surface area contributed by atoms with Crippen molar-refractivity contribution in [1.29, 1.82) is 0 Å². The molecule has 0 aliphatic carbocycles. The molecule has 1 aliphatic rings. The van der Waals surface area contributed by atoms with Crippen LogP contribution in [0.15, 0.2) is 24.5 Å². The van der Waals surface area contributed by atoms with Gasteiger partial charge in [0.2, 0.25) is 0 Å². The highest BCUT2D eigenvalue weighted by atomic mass is 16.5. The number of aromatic nitrogens is 1. The van der Waals surface area contributed by atoms with Crippen LogP contribution in [0.3, 0.4) is 0 Å². The van der Waals surface area contributed by atoms with Crippen molar-refractivity contribution in [2.75, 3.05) is 13.7 Å². The normalized spacial score (nSPS) is 25.0. The summed E-state index contributed by atoms with van der Waals surface area (Å²) in [5, 5.41) is 9.16.